The molecule has 32 heavy (non-hydrogen) atoms. The number of imide groups is 1. The minimum Gasteiger partial charge on any atom is -0.286 e. The molecule has 2 aromatic rings. The number of carbonyl (C=O) groups excluding carboxylic acids is 2. The quantitative estimate of drug-likeness (QED) is 0.575. The average molecular weight is 450 g/mol. The van der Waals surface area contributed by atoms with Gasteiger partial charge < -0.3 is 0 Å². The standard InChI is InChI=1S/C28H35NO2S/c1-17-14-21-22(27(4,5)13-12-26(21,2)3)16-20(17)28(6,7)19-10-8-18(9-11-19)15-23-24(30)29-25(31)32-23/h8-11,14,16,23H,12-13,15H2,1-7H3,(H,29,30,31). The van der Waals surface area contributed by atoms with E-state index in [0.717, 1.165) is 17.3 Å². The van der Waals surface area contributed by atoms with Crippen LogP contribution in [-0.4, -0.2) is 16.4 Å². The first-order chi connectivity index (χ1) is 14.8. The highest BCUT2D eigenvalue weighted by Crippen LogP contribution is 2.48. The van der Waals surface area contributed by atoms with E-state index < -0.39 is 0 Å². The Morgan fingerprint density at radius 1 is 0.969 bits per heavy atom. The fourth-order valence-electron chi connectivity index (χ4n) is 5.35. The fourth-order valence-corrected chi connectivity index (χ4v) is 6.21. The van der Waals surface area contributed by atoms with E-state index in [2.05, 4.69) is 90.2 Å². The summed E-state index contributed by atoms with van der Waals surface area (Å²) in [6.07, 6.45) is 3.00. The number of carbonyl (C=O) groups is 2. The zero-order chi connectivity index (χ0) is 23.5. The molecule has 1 N–H and O–H groups in total. The maximum absolute atomic E-state index is 11.9. The third-order valence-corrected chi connectivity index (χ3v) is 8.72. The molecule has 1 fully saturated rings. The number of amides is 2. The van der Waals surface area contributed by atoms with Crippen LogP contribution in [0.2, 0.25) is 0 Å². The molecule has 1 aliphatic carbocycles. The monoisotopic (exact) mass is 449 g/mol. The van der Waals surface area contributed by atoms with Crippen molar-refractivity contribution in [1.82, 2.24) is 5.32 Å². The van der Waals surface area contributed by atoms with E-state index in [0.29, 0.717) is 6.42 Å². The first-order valence-electron chi connectivity index (χ1n) is 11.6. The molecule has 2 aliphatic rings. The molecule has 2 aromatic carbocycles. The third-order valence-electron chi connectivity index (χ3n) is 7.73. The molecule has 0 bridgehead atoms. The lowest BCUT2D eigenvalue weighted by Gasteiger charge is -2.43. The molecule has 2 amide bonds. The Morgan fingerprint density at radius 2 is 1.53 bits per heavy atom. The van der Waals surface area contributed by atoms with Crippen LogP contribution < -0.4 is 5.32 Å². The van der Waals surface area contributed by atoms with Gasteiger partial charge in [0.2, 0.25) is 5.91 Å². The van der Waals surface area contributed by atoms with Crippen molar-refractivity contribution >= 4 is 22.9 Å². The Morgan fingerprint density at radius 3 is 2.06 bits per heavy atom. The molecule has 0 aromatic heterocycles. The molecule has 0 saturated carbocycles. The SMILES string of the molecule is Cc1cc2c(cc1C(C)(C)c1ccc(CC3SC(=O)NC3=O)cc1)C(C)(C)CCC2(C)C. The zero-order valence-electron chi connectivity index (χ0n) is 20.4. The van der Waals surface area contributed by atoms with Crippen molar-refractivity contribution in [3.63, 3.8) is 0 Å². The van der Waals surface area contributed by atoms with Gasteiger partial charge in [-0.3, -0.25) is 14.9 Å². The number of fused-ring (bicyclic) bond motifs is 1. The number of hydrogen-bond donors (Lipinski definition) is 1. The van der Waals surface area contributed by atoms with Gasteiger partial charge in [-0.05, 0) is 70.4 Å². The molecule has 0 spiro atoms. The second-order valence-corrected chi connectivity index (χ2v) is 12.6. The summed E-state index contributed by atoms with van der Waals surface area (Å²) in [5, 5.41) is 1.80. The third kappa shape index (κ3) is 4.03. The Kier molecular flexibility index (Phi) is 5.60. The van der Waals surface area contributed by atoms with E-state index in [-0.39, 0.29) is 32.6 Å². The lowest BCUT2D eigenvalue weighted by molar-refractivity contribution is -0.118. The lowest BCUT2D eigenvalue weighted by atomic mass is 9.61. The smallest absolute Gasteiger partial charge is 0.286 e. The van der Waals surface area contributed by atoms with Crippen molar-refractivity contribution in [2.24, 2.45) is 0 Å². The number of benzene rings is 2. The van der Waals surface area contributed by atoms with E-state index in [1.165, 1.54) is 40.7 Å². The van der Waals surface area contributed by atoms with Crippen molar-refractivity contribution in [2.75, 3.05) is 0 Å². The van der Waals surface area contributed by atoms with Gasteiger partial charge in [0.15, 0.2) is 0 Å². The van der Waals surface area contributed by atoms with Crippen LogP contribution in [0.4, 0.5) is 4.79 Å². The lowest BCUT2D eigenvalue weighted by Crippen LogP contribution is -2.35. The second-order valence-electron chi connectivity index (χ2n) is 11.4. The molecule has 0 radical (unpaired) electrons. The summed E-state index contributed by atoms with van der Waals surface area (Å²) in [6, 6.07) is 13.5. The Hall–Kier alpha value is -2.07. The maximum Gasteiger partial charge on any atom is 0.286 e. The molecule has 1 saturated heterocycles. The maximum atomic E-state index is 11.9. The van der Waals surface area contributed by atoms with E-state index >= 15 is 0 Å². The van der Waals surface area contributed by atoms with Gasteiger partial charge in [0.05, 0.1) is 5.25 Å². The van der Waals surface area contributed by atoms with Gasteiger partial charge in [0.25, 0.3) is 5.24 Å². The Balaban J connectivity index is 1.66. The first kappa shape index (κ1) is 23.1. The minimum absolute atomic E-state index is 0.134. The molecule has 4 rings (SSSR count). The van der Waals surface area contributed by atoms with E-state index in [1.54, 1.807) is 0 Å². The summed E-state index contributed by atoms with van der Waals surface area (Å²) in [5.74, 6) is -0.181. The van der Waals surface area contributed by atoms with Gasteiger partial charge in [0.1, 0.15) is 0 Å². The summed E-state index contributed by atoms with van der Waals surface area (Å²) in [7, 11) is 0. The molecule has 1 heterocycles. The zero-order valence-corrected chi connectivity index (χ0v) is 21.2. The number of thioether (sulfide) groups is 1. The van der Waals surface area contributed by atoms with Crippen LogP contribution in [0.5, 0.6) is 0 Å². The molecule has 4 heteroatoms. The molecule has 1 unspecified atom stereocenters. The van der Waals surface area contributed by atoms with Crippen molar-refractivity contribution in [3.05, 3.63) is 69.8 Å². The topological polar surface area (TPSA) is 46.2 Å². The second kappa shape index (κ2) is 7.76. The highest BCUT2D eigenvalue weighted by Gasteiger charge is 2.39. The van der Waals surface area contributed by atoms with Crippen LogP contribution >= 0.6 is 11.8 Å². The van der Waals surface area contributed by atoms with Crippen LogP contribution in [0.15, 0.2) is 36.4 Å². The Bertz CT molecular complexity index is 1080. The van der Waals surface area contributed by atoms with E-state index in [1.807, 2.05) is 0 Å². The highest BCUT2D eigenvalue weighted by molar-refractivity contribution is 8.15. The van der Waals surface area contributed by atoms with Crippen molar-refractivity contribution in [2.45, 2.75) is 89.2 Å². The first-order valence-corrected chi connectivity index (χ1v) is 12.5. The highest BCUT2D eigenvalue weighted by atomic mass is 32.2. The number of rotatable bonds is 4. The summed E-state index contributed by atoms with van der Waals surface area (Å²) in [5.41, 5.74) is 8.33. The van der Waals surface area contributed by atoms with Crippen molar-refractivity contribution in [3.8, 4) is 0 Å². The van der Waals surface area contributed by atoms with Crippen LogP contribution in [0, 0.1) is 6.92 Å². The van der Waals surface area contributed by atoms with Gasteiger partial charge >= 0.3 is 0 Å². The van der Waals surface area contributed by atoms with Crippen molar-refractivity contribution < 1.29 is 9.59 Å². The van der Waals surface area contributed by atoms with Crippen LogP contribution in [0.1, 0.15) is 87.8 Å². The van der Waals surface area contributed by atoms with Gasteiger partial charge in [0, 0.05) is 5.41 Å². The van der Waals surface area contributed by atoms with E-state index in [4.69, 9.17) is 0 Å². The number of aryl methyl sites for hydroxylation is 1. The average Bonchev–Trinajstić information content (AvgIpc) is 3.02. The summed E-state index contributed by atoms with van der Waals surface area (Å²) in [6.45, 7) is 16.4. The molecule has 1 aliphatic heterocycles. The normalized spacial score (nSPS) is 21.9. The van der Waals surface area contributed by atoms with Crippen LogP contribution in [0.3, 0.4) is 0 Å². The minimum atomic E-state index is -0.324. The number of hydrogen-bond acceptors (Lipinski definition) is 3. The molecule has 170 valence electrons. The summed E-state index contributed by atoms with van der Waals surface area (Å²) >= 11 is 1.09. The van der Waals surface area contributed by atoms with Gasteiger partial charge in [-0.2, -0.15) is 0 Å². The summed E-state index contributed by atoms with van der Waals surface area (Å²) in [4.78, 5) is 23.3. The molecule has 3 nitrogen and oxygen atoms in total. The van der Waals surface area contributed by atoms with Crippen LogP contribution in [-0.2, 0) is 27.5 Å². The van der Waals surface area contributed by atoms with Crippen molar-refractivity contribution in [1.29, 1.82) is 0 Å². The predicted molar refractivity (Wildman–Crippen MR) is 134 cm³/mol. The van der Waals surface area contributed by atoms with E-state index in [9.17, 15) is 9.59 Å². The molecular formula is C28H35NO2S. The molecule has 1 atom stereocenters. The van der Waals surface area contributed by atoms with Gasteiger partial charge in [-0.25, -0.2) is 0 Å². The molecular weight excluding hydrogens is 414 g/mol. The fraction of sp³-hybridized carbons (Fsp3) is 0.500. The Labute approximate surface area is 196 Å². The predicted octanol–water partition coefficient (Wildman–Crippen LogP) is 6.56. The van der Waals surface area contributed by atoms with Gasteiger partial charge in [-0.15, -0.1) is 0 Å². The summed E-state index contributed by atoms with van der Waals surface area (Å²) < 4.78 is 0. The number of nitrogens with one attached hydrogen (secondary N) is 1. The van der Waals surface area contributed by atoms with Crippen LogP contribution in [0.25, 0.3) is 0 Å². The largest absolute Gasteiger partial charge is 0.286 e. The van der Waals surface area contributed by atoms with Gasteiger partial charge in [-0.1, -0.05) is 89.7 Å².